The van der Waals surface area contributed by atoms with Crippen LogP contribution >= 0.6 is 0 Å². The fourth-order valence-electron chi connectivity index (χ4n) is 3.29. The summed E-state index contributed by atoms with van der Waals surface area (Å²) in [5.41, 5.74) is 3.77. The molecule has 1 aliphatic heterocycles. The number of amides is 1. The molecule has 1 aliphatic rings. The van der Waals surface area contributed by atoms with Crippen molar-refractivity contribution in [3.63, 3.8) is 0 Å². The molecule has 0 fully saturated rings. The van der Waals surface area contributed by atoms with Gasteiger partial charge in [-0.2, -0.15) is 0 Å². The molecule has 6 heteroatoms. The fraction of sp³-hybridized carbons (Fsp3) is 0.100. The number of aromatic nitrogens is 2. The second kappa shape index (κ2) is 5.49. The molecule has 1 amide bonds. The first-order chi connectivity index (χ1) is 12.7. The smallest absolute Gasteiger partial charge is 0.274 e. The number of aryl methyl sites for hydroxylation is 1. The molecule has 26 heavy (non-hydrogen) atoms. The van der Waals surface area contributed by atoms with Crippen LogP contribution in [0.4, 0.5) is 5.69 Å². The number of nitrogens with zero attached hydrogens (tertiary/aromatic N) is 1. The molecular formula is C20H15N3O3. The summed E-state index contributed by atoms with van der Waals surface area (Å²) in [6.45, 7) is 2.10. The molecular weight excluding hydrogens is 330 g/mol. The molecule has 5 rings (SSSR count). The monoisotopic (exact) mass is 345 g/mol. The number of hydrogen-bond donors (Lipinski definition) is 2. The lowest BCUT2D eigenvalue weighted by Gasteiger charge is -2.07. The molecule has 0 saturated heterocycles. The molecule has 0 atom stereocenters. The zero-order valence-electron chi connectivity index (χ0n) is 14.0. The van der Waals surface area contributed by atoms with Gasteiger partial charge in [-0.05, 0) is 31.2 Å². The lowest BCUT2D eigenvalue weighted by molar-refractivity contribution is 0.102. The van der Waals surface area contributed by atoms with Crippen LogP contribution in [-0.4, -0.2) is 22.7 Å². The standard InChI is InChI=1S/C20H15N3O3/c1-11-19-14(13-4-2-3-5-15(13)23-19)9-16(21-11)20(24)22-12-6-7-17-18(8-12)26-10-25-17/h2-9,23H,10H2,1H3,(H,22,24). The van der Waals surface area contributed by atoms with E-state index in [1.165, 1.54) is 0 Å². The summed E-state index contributed by atoms with van der Waals surface area (Å²) in [5.74, 6) is 1.04. The summed E-state index contributed by atoms with van der Waals surface area (Å²) in [4.78, 5) is 20.5. The van der Waals surface area contributed by atoms with Crippen LogP contribution in [0.1, 0.15) is 16.2 Å². The molecule has 0 radical (unpaired) electrons. The molecule has 4 aromatic rings. The van der Waals surface area contributed by atoms with Gasteiger partial charge in [0.2, 0.25) is 6.79 Å². The van der Waals surface area contributed by atoms with Gasteiger partial charge in [0.05, 0.1) is 11.2 Å². The largest absolute Gasteiger partial charge is 0.454 e. The second-order valence-corrected chi connectivity index (χ2v) is 6.21. The van der Waals surface area contributed by atoms with E-state index in [4.69, 9.17) is 9.47 Å². The van der Waals surface area contributed by atoms with Crippen LogP contribution in [-0.2, 0) is 0 Å². The van der Waals surface area contributed by atoms with Crippen molar-refractivity contribution in [1.82, 2.24) is 9.97 Å². The van der Waals surface area contributed by atoms with Crippen molar-refractivity contribution in [3.8, 4) is 11.5 Å². The number of anilines is 1. The number of ether oxygens (including phenoxy) is 2. The third-order valence-corrected chi connectivity index (χ3v) is 4.54. The van der Waals surface area contributed by atoms with Gasteiger partial charge in [0.25, 0.3) is 5.91 Å². The molecule has 3 heterocycles. The molecule has 0 saturated carbocycles. The van der Waals surface area contributed by atoms with Gasteiger partial charge >= 0.3 is 0 Å². The Labute approximate surface area is 148 Å². The average Bonchev–Trinajstić information content (AvgIpc) is 3.26. The molecule has 0 spiro atoms. The van der Waals surface area contributed by atoms with Gasteiger partial charge in [-0.25, -0.2) is 4.98 Å². The van der Waals surface area contributed by atoms with Crippen LogP contribution in [0, 0.1) is 6.92 Å². The van der Waals surface area contributed by atoms with E-state index < -0.39 is 0 Å². The first kappa shape index (κ1) is 14.8. The van der Waals surface area contributed by atoms with Crippen molar-refractivity contribution in [1.29, 1.82) is 0 Å². The molecule has 128 valence electrons. The maximum atomic E-state index is 12.7. The normalized spacial score (nSPS) is 12.7. The molecule has 2 N–H and O–H groups in total. The van der Waals surface area contributed by atoms with E-state index in [1.54, 1.807) is 18.2 Å². The number of fused-ring (bicyclic) bond motifs is 4. The van der Waals surface area contributed by atoms with E-state index in [0.29, 0.717) is 22.9 Å². The van der Waals surface area contributed by atoms with Gasteiger partial charge in [0, 0.05) is 28.0 Å². The summed E-state index contributed by atoms with van der Waals surface area (Å²) in [6.07, 6.45) is 0. The number of pyridine rings is 1. The molecule has 2 aromatic carbocycles. The Hall–Kier alpha value is -3.54. The summed E-state index contributed by atoms with van der Waals surface area (Å²) in [5, 5.41) is 4.94. The van der Waals surface area contributed by atoms with Gasteiger partial charge in [-0.1, -0.05) is 18.2 Å². The van der Waals surface area contributed by atoms with Crippen LogP contribution in [0.15, 0.2) is 48.5 Å². The highest BCUT2D eigenvalue weighted by Gasteiger charge is 2.17. The first-order valence-electron chi connectivity index (χ1n) is 8.28. The quantitative estimate of drug-likeness (QED) is 0.576. The number of para-hydroxylation sites is 1. The SMILES string of the molecule is Cc1nc(C(=O)Nc2ccc3c(c2)OCO3)cc2c1[nH]c1ccccc12. The van der Waals surface area contributed by atoms with Crippen LogP contribution < -0.4 is 14.8 Å². The van der Waals surface area contributed by atoms with Crippen molar-refractivity contribution in [2.24, 2.45) is 0 Å². The Bertz CT molecular complexity index is 1180. The number of carbonyl (C=O) groups is 1. The van der Waals surface area contributed by atoms with Gasteiger partial charge in [0.15, 0.2) is 11.5 Å². The second-order valence-electron chi connectivity index (χ2n) is 6.21. The number of aromatic amines is 1. The topological polar surface area (TPSA) is 76.2 Å². The number of H-pyrrole nitrogens is 1. The predicted molar refractivity (Wildman–Crippen MR) is 98.9 cm³/mol. The van der Waals surface area contributed by atoms with Crippen LogP contribution in [0.5, 0.6) is 11.5 Å². The summed E-state index contributed by atoms with van der Waals surface area (Å²) < 4.78 is 10.6. The predicted octanol–water partition coefficient (Wildman–Crippen LogP) is 4.01. The molecule has 2 aromatic heterocycles. The number of rotatable bonds is 2. The van der Waals surface area contributed by atoms with E-state index in [0.717, 1.165) is 27.5 Å². The lowest BCUT2D eigenvalue weighted by atomic mass is 10.1. The van der Waals surface area contributed by atoms with Gasteiger partial charge in [0.1, 0.15) is 5.69 Å². The maximum absolute atomic E-state index is 12.7. The van der Waals surface area contributed by atoms with Crippen molar-refractivity contribution >= 4 is 33.4 Å². The fourth-order valence-corrected chi connectivity index (χ4v) is 3.29. The van der Waals surface area contributed by atoms with E-state index in [9.17, 15) is 4.79 Å². The Kier molecular flexibility index (Phi) is 3.12. The van der Waals surface area contributed by atoms with E-state index >= 15 is 0 Å². The average molecular weight is 345 g/mol. The minimum Gasteiger partial charge on any atom is -0.454 e. The van der Waals surface area contributed by atoms with Crippen molar-refractivity contribution in [2.75, 3.05) is 12.1 Å². The Balaban J connectivity index is 1.53. The van der Waals surface area contributed by atoms with Gasteiger partial charge < -0.3 is 19.8 Å². The van der Waals surface area contributed by atoms with E-state index in [1.807, 2.05) is 37.3 Å². The van der Waals surface area contributed by atoms with Crippen LogP contribution in [0.2, 0.25) is 0 Å². The molecule has 0 aliphatic carbocycles. The number of benzene rings is 2. The van der Waals surface area contributed by atoms with Crippen LogP contribution in [0.25, 0.3) is 21.8 Å². The summed E-state index contributed by atoms with van der Waals surface area (Å²) >= 11 is 0. The Morgan fingerprint density at radius 2 is 1.92 bits per heavy atom. The summed E-state index contributed by atoms with van der Waals surface area (Å²) in [6, 6.07) is 15.1. The molecule has 0 unspecified atom stereocenters. The highest BCUT2D eigenvalue weighted by Crippen LogP contribution is 2.34. The van der Waals surface area contributed by atoms with E-state index in [2.05, 4.69) is 15.3 Å². The molecule has 6 nitrogen and oxygen atoms in total. The van der Waals surface area contributed by atoms with Crippen molar-refractivity contribution in [2.45, 2.75) is 6.92 Å². The number of hydrogen-bond acceptors (Lipinski definition) is 4. The van der Waals surface area contributed by atoms with Crippen LogP contribution in [0.3, 0.4) is 0 Å². The zero-order valence-corrected chi connectivity index (χ0v) is 14.0. The number of carbonyl (C=O) groups excluding carboxylic acids is 1. The van der Waals surface area contributed by atoms with E-state index in [-0.39, 0.29) is 12.7 Å². The Morgan fingerprint density at radius 1 is 1.08 bits per heavy atom. The number of nitrogens with one attached hydrogen (secondary N) is 2. The summed E-state index contributed by atoms with van der Waals surface area (Å²) in [7, 11) is 0. The zero-order chi connectivity index (χ0) is 17.7. The maximum Gasteiger partial charge on any atom is 0.274 e. The highest BCUT2D eigenvalue weighted by atomic mass is 16.7. The minimum atomic E-state index is -0.265. The molecule has 0 bridgehead atoms. The lowest BCUT2D eigenvalue weighted by Crippen LogP contribution is -2.14. The third kappa shape index (κ3) is 2.27. The van der Waals surface area contributed by atoms with Crippen molar-refractivity contribution in [3.05, 3.63) is 59.9 Å². The Morgan fingerprint density at radius 3 is 2.85 bits per heavy atom. The minimum absolute atomic E-state index is 0.199. The van der Waals surface area contributed by atoms with Gasteiger partial charge in [-0.15, -0.1) is 0 Å². The van der Waals surface area contributed by atoms with Crippen molar-refractivity contribution < 1.29 is 14.3 Å². The highest BCUT2D eigenvalue weighted by molar-refractivity contribution is 6.11. The van der Waals surface area contributed by atoms with Gasteiger partial charge in [-0.3, -0.25) is 4.79 Å². The first-order valence-corrected chi connectivity index (χ1v) is 8.28. The third-order valence-electron chi connectivity index (χ3n) is 4.54.